The summed E-state index contributed by atoms with van der Waals surface area (Å²) >= 11 is 9.27. The second-order valence-electron chi connectivity index (χ2n) is 18.0. The highest BCUT2D eigenvalue weighted by molar-refractivity contribution is 9.11. The summed E-state index contributed by atoms with van der Waals surface area (Å²) in [5.41, 5.74) is 2.39. The fourth-order valence-electron chi connectivity index (χ4n) is 9.45. The number of carbonyl (C=O) groups excluding carboxylic acids is 1. The van der Waals surface area contributed by atoms with Gasteiger partial charge in [-0.25, -0.2) is 13.2 Å². The standard InChI is InChI=1S/C41H40P2.C17H16Br2F2.C7H4BrFO.2BrH/c1-8-22-36(23-9-1)42(37-24-10-2-11-25-37,38-26-12-3-13-27-38)34-20-7-21-35-43(39-28-14-4-15-29-39,40-30-16-5-17-31-40)41-32-18-6-19-33-41;18-14-8-6-12(10-16(14)20)4-2-1-3-5-13-7-9-15(19)17(21)11-13;8-6-2-1-5(4-10)3-7(6)9;;/h1-6,8-19,22-33H,7,20-21,34-35H2;6-11H,1-5H2;1-4H;2*1H/q+2;;;;/p-2. The second-order valence-corrected chi connectivity index (χ2v) is 27.8. The van der Waals surface area contributed by atoms with Gasteiger partial charge in [-0.05, 0) is 213 Å². The summed E-state index contributed by atoms with van der Waals surface area (Å²) in [6.07, 6.45) is 11.4. The Hall–Kier alpha value is -4.30. The molecule has 76 heavy (non-hydrogen) atoms. The van der Waals surface area contributed by atoms with E-state index in [1.54, 1.807) is 30.3 Å². The van der Waals surface area contributed by atoms with Crippen LogP contribution in [0.4, 0.5) is 13.2 Å². The minimum absolute atomic E-state index is 0. The van der Waals surface area contributed by atoms with E-state index in [1.807, 2.05) is 12.1 Å². The average Bonchev–Trinajstić information content (AvgIpc) is 3.48. The van der Waals surface area contributed by atoms with Crippen molar-refractivity contribution in [2.24, 2.45) is 0 Å². The van der Waals surface area contributed by atoms with Crippen LogP contribution >= 0.6 is 62.3 Å². The third-order valence-electron chi connectivity index (χ3n) is 13.1. The molecule has 392 valence electrons. The highest BCUT2D eigenvalue weighted by Crippen LogP contribution is 2.58. The highest BCUT2D eigenvalue weighted by Gasteiger charge is 2.46. The predicted octanol–water partition coefficient (Wildman–Crippen LogP) is 11.0. The van der Waals surface area contributed by atoms with Gasteiger partial charge in [-0.1, -0.05) is 134 Å². The van der Waals surface area contributed by atoms with Crippen LogP contribution in [0.15, 0.2) is 250 Å². The van der Waals surface area contributed by atoms with E-state index in [2.05, 4.69) is 230 Å². The van der Waals surface area contributed by atoms with Crippen LogP contribution in [0, 0.1) is 17.5 Å². The summed E-state index contributed by atoms with van der Waals surface area (Å²) in [4.78, 5) is 10.1. The largest absolute Gasteiger partial charge is 1.00 e. The Morgan fingerprint density at radius 1 is 0.329 bits per heavy atom. The number of aldehydes is 1. The van der Waals surface area contributed by atoms with E-state index in [0.717, 1.165) is 43.2 Å². The van der Waals surface area contributed by atoms with E-state index < -0.39 is 20.3 Å². The Balaban J connectivity index is 0.000000267. The molecule has 0 radical (unpaired) electrons. The third-order valence-corrected chi connectivity index (χ3v) is 24.1. The molecule has 0 aromatic heterocycles. The molecule has 0 aliphatic heterocycles. The Morgan fingerprint density at radius 2 is 0.592 bits per heavy atom. The van der Waals surface area contributed by atoms with Crippen LogP contribution in [0.2, 0.25) is 0 Å². The van der Waals surface area contributed by atoms with Gasteiger partial charge in [0.1, 0.15) is 70.1 Å². The molecule has 0 bridgehead atoms. The van der Waals surface area contributed by atoms with Gasteiger partial charge in [0.25, 0.3) is 0 Å². The van der Waals surface area contributed by atoms with Crippen LogP contribution in [0.5, 0.6) is 0 Å². The lowest BCUT2D eigenvalue weighted by Gasteiger charge is -2.29. The molecule has 0 amide bonds. The summed E-state index contributed by atoms with van der Waals surface area (Å²) in [5, 5.41) is 8.87. The average molecular weight is 1380 g/mol. The third kappa shape index (κ3) is 17.1. The molecule has 0 unspecified atom stereocenters. The van der Waals surface area contributed by atoms with Crippen molar-refractivity contribution in [3.63, 3.8) is 0 Å². The van der Waals surface area contributed by atoms with E-state index in [0.29, 0.717) is 25.3 Å². The van der Waals surface area contributed by atoms with Crippen molar-refractivity contribution < 1.29 is 51.9 Å². The molecule has 9 rings (SSSR count). The number of carbonyl (C=O) groups is 1. The highest BCUT2D eigenvalue weighted by atomic mass is 79.9. The summed E-state index contributed by atoms with van der Waals surface area (Å²) in [6, 6.07) is 82.6. The summed E-state index contributed by atoms with van der Waals surface area (Å²) in [6.45, 7) is 0. The first-order valence-corrected chi connectivity index (χ1v) is 31.3. The molecule has 9 aromatic rings. The fraction of sp³-hybridized carbons (Fsp3) is 0.154. The zero-order chi connectivity index (χ0) is 52.0. The van der Waals surface area contributed by atoms with Crippen LogP contribution in [0.25, 0.3) is 0 Å². The van der Waals surface area contributed by atoms with Crippen molar-refractivity contribution in [1.82, 2.24) is 0 Å². The van der Waals surface area contributed by atoms with Gasteiger partial charge >= 0.3 is 0 Å². The minimum Gasteiger partial charge on any atom is -1.00 e. The molecular weight excluding hydrogens is 1320 g/mol. The lowest BCUT2D eigenvalue weighted by molar-refractivity contribution is -0.00100. The van der Waals surface area contributed by atoms with Gasteiger partial charge in [0, 0.05) is 5.56 Å². The van der Waals surface area contributed by atoms with Crippen molar-refractivity contribution in [3.05, 3.63) is 284 Å². The lowest BCUT2D eigenvalue weighted by atomic mass is 10.0. The summed E-state index contributed by atoms with van der Waals surface area (Å²) < 4.78 is 40.7. The van der Waals surface area contributed by atoms with Crippen molar-refractivity contribution in [2.45, 2.75) is 51.4 Å². The smallest absolute Gasteiger partial charge is 0.150 e. The molecule has 0 spiro atoms. The summed E-state index contributed by atoms with van der Waals surface area (Å²) in [5.74, 6) is -0.833. The normalized spacial score (nSPS) is 10.9. The molecule has 0 atom stereocenters. The van der Waals surface area contributed by atoms with Crippen LogP contribution in [0.1, 0.15) is 60.0 Å². The van der Waals surface area contributed by atoms with Gasteiger partial charge < -0.3 is 34.0 Å². The molecule has 0 heterocycles. The molecular formula is C65H60Br5F3OP2. The number of hydrogen-bond acceptors (Lipinski definition) is 1. The van der Waals surface area contributed by atoms with Gasteiger partial charge in [0.05, 0.1) is 25.7 Å². The van der Waals surface area contributed by atoms with Gasteiger partial charge in [0.2, 0.25) is 0 Å². The molecule has 0 saturated heterocycles. The van der Waals surface area contributed by atoms with Crippen molar-refractivity contribution in [2.75, 3.05) is 12.3 Å². The number of rotatable bonds is 19. The van der Waals surface area contributed by atoms with E-state index >= 15 is 0 Å². The van der Waals surface area contributed by atoms with E-state index in [9.17, 15) is 18.0 Å². The quantitative estimate of drug-likeness (QED) is 0.0448. The Kier molecular flexibility index (Phi) is 26.8. The van der Waals surface area contributed by atoms with Crippen LogP contribution in [-0.2, 0) is 12.8 Å². The topological polar surface area (TPSA) is 17.1 Å². The zero-order valence-electron chi connectivity index (χ0n) is 42.0. The molecule has 9 aromatic carbocycles. The molecule has 11 heteroatoms. The van der Waals surface area contributed by atoms with Gasteiger partial charge in [0.15, 0.2) is 0 Å². The first-order valence-electron chi connectivity index (χ1n) is 25.0. The van der Waals surface area contributed by atoms with E-state index in [-0.39, 0.29) is 45.6 Å². The molecule has 0 aliphatic carbocycles. The molecule has 0 N–H and O–H groups in total. The maximum Gasteiger partial charge on any atom is 0.150 e. The molecule has 0 aliphatic rings. The summed E-state index contributed by atoms with van der Waals surface area (Å²) in [7, 11) is -3.60. The first kappa shape index (κ1) is 62.5. The Labute approximate surface area is 495 Å². The number of unbranched alkanes of at least 4 members (excludes halogenated alkanes) is 4. The number of halogens is 8. The van der Waals surface area contributed by atoms with Crippen molar-refractivity contribution >= 4 is 100 Å². The van der Waals surface area contributed by atoms with Crippen molar-refractivity contribution in [1.29, 1.82) is 0 Å². The first-order chi connectivity index (χ1) is 36.1. The molecule has 1 nitrogen and oxygen atoms in total. The minimum atomic E-state index is -1.80. The lowest BCUT2D eigenvalue weighted by Crippen LogP contribution is -3.00. The zero-order valence-corrected chi connectivity index (χ0v) is 51.7. The maximum atomic E-state index is 13.4. The van der Waals surface area contributed by atoms with E-state index in [4.69, 9.17) is 0 Å². The van der Waals surface area contributed by atoms with Crippen LogP contribution < -0.4 is 65.8 Å². The maximum absolute atomic E-state index is 13.4. The second kappa shape index (κ2) is 32.6. The van der Waals surface area contributed by atoms with Gasteiger partial charge in [-0.2, -0.15) is 0 Å². The number of benzene rings is 9. The van der Waals surface area contributed by atoms with E-state index in [1.165, 1.54) is 75.5 Å². The van der Waals surface area contributed by atoms with Crippen molar-refractivity contribution in [3.8, 4) is 0 Å². The SMILES string of the molecule is Fc1cc(CCCCCc2ccc(Br)c(F)c2)ccc1Br.O=Cc1ccc(Br)c(F)c1.[Br-].[Br-].c1ccc([P+](CCCCC[P+](c2ccccc2)(c2ccccc2)c2ccccc2)(c2ccccc2)c2ccccc2)cc1. The molecule has 0 saturated carbocycles. The fourth-order valence-corrected chi connectivity index (χ4v) is 19.0. The molecule has 0 fully saturated rings. The Bertz CT molecular complexity index is 2730. The Morgan fingerprint density at radius 3 is 0.855 bits per heavy atom. The van der Waals surface area contributed by atoms with Gasteiger partial charge in [-0.15, -0.1) is 0 Å². The predicted molar refractivity (Wildman–Crippen MR) is 323 cm³/mol. The number of aryl methyl sites for hydroxylation is 2. The van der Waals surface area contributed by atoms with Crippen LogP contribution in [-0.4, -0.2) is 18.6 Å². The monoisotopic (exact) mass is 1370 g/mol. The van der Waals surface area contributed by atoms with Gasteiger partial charge in [-0.3, -0.25) is 4.79 Å². The van der Waals surface area contributed by atoms with Crippen LogP contribution in [0.3, 0.4) is 0 Å². The number of hydrogen-bond donors (Lipinski definition) is 0.